The van der Waals surface area contributed by atoms with Gasteiger partial charge in [0.25, 0.3) is 5.69 Å². The Kier molecular flexibility index (Phi) is 3.40. The number of hydrogen-bond acceptors (Lipinski definition) is 7. The van der Waals surface area contributed by atoms with E-state index in [1.807, 2.05) is 0 Å². The van der Waals surface area contributed by atoms with Gasteiger partial charge in [0, 0.05) is 31.9 Å². The summed E-state index contributed by atoms with van der Waals surface area (Å²) in [6.07, 6.45) is 0. The molecule has 0 aliphatic carbocycles. The van der Waals surface area contributed by atoms with Crippen molar-refractivity contribution in [3.63, 3.8) is 0 Å². The van der Waals surface area contributed by atoms with E-state index in [0.717, 1.165) is 6.07 Å². The Morgan fingerprint density at radius 3 is 2.53 bits per heavy atom. The van der Waals surface area contributed by atoms with Crippen molar-refractivity contribution in [2.75, 3.05) is 14.2 Å². The maximum absolute atomic E-state index is 12.2. The van der Waals surface area contributed by atoms with Crippen LogP contribution in [0.3, 0.4) is 0 Å². The van der Waals surface area contributed by atoms with E-state index in [0.29, 0.717) is 0 Å². The zero-order valence-corrected chi connectivity index (χ0v) is 11.0. The summed E-state index contributed by atoms with van der Waals surface area (Å²) in [5, 5.41) is 10.6. The molecule has 0 saturated carbocycles. The molecule has 0 bridgehead atoms. The van der Waals surface area contributed by atoms with Crippen molar-refractivity contribution in [2.24, 2.45) is 0 Å². The number of carbonyl (C=O) groups is 1. The van der Waals surface area contributed by atoms with Gasteiger partial charge >= 0.3 is 13.6 Å². The smallest absolute Gasteiger partial charge is 0.375 e. The quantitative estimate of drug-likeness (QED) is 0.362. The van der Waals surface area contributed by atoms with E-state index < -0.39 is 24.3 Å². The topological polar surface area (TPSA) is 105 Å². The van der Waals surface area contributed by atoms with E-state index in [1.165, 1.54) is 26.4 Å². The number of carbonyl (C=O) groups excluding carboxylic acids is 1. The summed E-state index contributed by atoms with van der Waals surface area (Å²) in [5.74, 6) is -2.00. The molecule has 2 rings (SSSR count). The predicted molar refractivity (Wildman–Crippen MR) is 62.9 cm³/mol. The van der Waals surface area contributed by atoms with Crippen LogP contribution < -0.4 is 0 Å². The third-order valence-corrected chi connectivity index (χ3v) is 4.72. The van der Waals surface area contributed by atoms with Gasteiger partial charge in [-0.3, -0.25) is 14.7 Å². The Bertz CT molecular complexity index is 592. The molecule has 102 valence electrons. The van der Waals surface area contributed by atoms with Crippen molar-refractivity contribution in [3.05, 3.63) is 39.4 Å². The van der Waals surface area contributed by atoms with E-state index in [-0.39, 0.29) is 16.8 Å². The zero-order chi connectivity index (χ0) is 14.2. The number of nitro groups is 1. The minimum Gasteiger partial charge on any atom is -0.441 e. The van der Waals surface area contributed by atoms with Crippen LogP contribution in [0.25, 0.3) is 0 Å². The number of hydrogen-bond donors (Lipinski definition) is 0. The van der Waals surface area contributed by atoms with E-state index in [4.69, 9.17) is 13.8 Å². The van der Waals surface area contributed by atoms with Crippen LogP contribution in [-0.4, -0.2) is 25.1 Å². The molecule has 1 aliphatic rings. The number of cyclic esters (lactones) is 1. The molecule has 9 heteroatoms. The molecule has 8 nitrogen and oxygen atoms in total. The minimum atomic E-state index is -3.65. The maximum atomic E-state index is 12.2. The number of rotatable bonds is 4. The van der Waals surface area contributed by atoms with Gasteiger partial charge in [-0.05, 0) is 6.07 Å². The number of nitro benzene ring substituents is 1. The Hall–Kier alpha value is -1.76. The fourth-order valence-corrected chi connectivity index (χ4v) is 3.10. The van der Waals surface area contributed by atoms with Gasteiger partial charge in [0.2, 0.25) is 5.85 Å². The van der Waals surface area contributed by atoms with E-state index in [9.17, 15) is 19.5 Å². The molecule has 1 heterocycles. The SMILES string of the molecule is COP(=O)(OC)C1OC(=O)c2cc([N+](=O)[O-])ccc21. The molecule has 0 amide bonds. The largest absolute Gasteiger partial charge is 0.441 e. The summed E-state index contributed by atoms with van der Waals surface area (Å²) in [6, 6.07) is 3.59. The predicted octanol–water partition coefficient (Wildman–Crippen LogP) is 2.25. The van der Waals surface area contributed by atoms with Crippen LogP contribution in [-0.2, 0) is 18.3 Å². The van der Waals surface area contributed by atoms with Crippen molar-refractivity contribution in [1.29, 1.82) is 0 Å². The second-order valence-corrected chi connectivity index (χ2v) is 5.97. The summed E-state index contributed by atoms with van der Waals surface area (Å²) >= 11 is 0. The summed E-state index contributed by atoms with van der Waals surface area (Å²) in [5.41, 5.74) is -0.00262. The number of non-ortho nitro benzene ring substituents is 1. The van der Waals surface area contributed by atoms with Gasteiger partial charge in [-0.15, -0.1) is 0 Å². The van der Waals surface area contributed by atoms with Gasteiger partial charge in [0.05, 0.1) is 10.5 Å². The van der Waals surface area contributed by atoms with E-state index >= 15 is 0 Å². The summed E-state index contributed by atoms with van der Waals surface area (Å²) in [4.78, 5) is 21.7. The lowest BCUT2D eigenvalue weighted by atomic mass is 10.1. The van der Waals surface area contributed by atoms with Gasteiger partial charge in [0.15, 0.2) is 0 Å². The second kappa shape index (κ2) is 4.73. The molecule has 1 aliphatic heterocycles. The Balaban J connectivity index is 2.52. The number of esters is 1. The third-order valence-electron chi connectivity index (χ3n) is 2.75. The second-order valence-electron chi connectivity index (χ2n) is 3.69. The first kappa shape index (κ1) is 13.7. The normalized spacial score (nSPS) is 18.0. The first-order chi connectivity index (χ1) is 8.92. The molecule has 0 saturated heterocycles. The van der Waals surface area contributed by atoms with Crippen molar-refractivity contribution in [3.8, 4) is 0 Å². The van der Waals surface area contributed by atoms with Crippen LogP contribution in [0.5, 0.6) is 0 Å². The fraction of sp³-hybridized carbons (Fsp3) is 0.300. The molecular formula is C10H10NO7P. The molecule has 1 unspecified atom stereocenters. The highest BCUT2D eigenvalue weighted by Crippen LogP contribution is 2.63. The first-order valence-electron chi connectivity index (χ1n) is 5.13. The molecule has 19 heavy (non-hydrogen) atoms. The fourth-order valence-electron chi connectivity index (χ4n) is 1.78. The number of ether oxygens (including phenoxy) is 1. The molecule has 0 spiro atoms. The third kappa shape index (κ3) is 2.14. The van der Waals surface area contributed by atoms with Crippen LogP contribution in [0, 0.1) is 10.1 Å². The molecule has 0 N–H and O–H groups in total. The zero-order valence-electron chi connectivity index (χ0n) is 10.1. The molecule has 1 aromatic carbocycles. The van der Waals surface area contributed by atoms with Crippen LogP contribution in [0.4, 0.5) is 5.69 Å². The van der Waals surface area contributed by atoms with Crippen LogP contribution in [0.15, 0.2) is 18.2 Å². The van der Waals surface area contributed by atoms with Crippen LogP contribution >= 0.6 is 7.60 Å². The number of fused-ring (bicyclic) bond motifs is 1. The lowest BCUT2D eigenvalue weighted by Gasteiger charge is -2.19. The molecule has 0 radical (unpaired) electrons. The highest BCUT2D eigenvalue weighted by Gasteiger charge is 2.46. The summed E-state index contributed by atoms with van der Waals surface area (Å²) in [7, 11) is -1.31. The van der Waals surface area contributed by atoms with Gasteiger partial charge in [-0.1, -0.05) is 0 Å². The highest BCUT2D eigenvalue weighted by molar-refractivity contribution is 7.54. The average Bonchev–Trinajstić information content (AvgIpc) is 2.75. The highest BCUT2D eigenvalue weighted by atomic mass is 31.2. The average molecular weight is 287 g/mol. The van der Waals surface area contributed by atoms with Gasteiger partial charge < -0.3 is 13.8 Å². The number of benzene rings is 1. The van der Waals surface area contributed by atoms with Crippen LogP contribution in [0.2, 0.25) is 0 Å². The lowest BCUT2D eigenvalue weighted by Crippen LogP contribution is -2.03. The minimum absolute atomic E-state index is 0.00600. The van der Waals surface area contributed by atoms with E-state index in [1.54, 1.807) is 0 Å². The van der Waals surface area contributed by atoms with E-state index in [2.05, 4.69) is 0 Å². The van der Waals surface area contributed by atoms with Crippen LogP contribution in [0.1, 0.15) is 21.8 Å². The van der Waals surface area contributed by atoms with Crippen molar-refractivity contribution in [1.82, 2.24) is 0 Å². The van der Waals surface area contributed by atoms with Gasteiger partial charge in [-0.2, -0.15) is 0 Å². The Morgan fingerprint density at radius 1 is 1.37 bits per heavy atom. The monoisotopic (exact) mass is 287 g/mol. The molecule has 1 aromatic rings. The molecular weight excluding hydrogens is 277 g/mol. The number of nitrogens with zero attached hydrogens (tertiary/aromatic N) is 1. The Labute approximate surface area is 108 Å². The maximum Gasteiger partial charge on any atom is 0.375 e. The molecule has 0 aromatic heterocycles. The first-order valence-corrected chi connectivity index (χ1v) is 6.74. The molecule has 0 fully saturated rings. The van der Waals surface area contributed by atoms with Crippen molar-refractivity contribution >= 4 is 19.3 Å². The summed E-state index contributed by atoms with van der Waals surface area (Å²) < 4.78 is 26.7. The van der Waals surface area contributed by atoms with Crippen molar-refractivity contribution in [2.45, 2.75) is 5.85 Å². The van der Waals surface area contributed by atoms with Gasteiger partial charge in [-0.25, -0.2) is 4.79 Å². The lowest BCUT2D eigenvalue weighted by molar-refractivity contribution is -0.384. The standard InChI is InChI=1S/C10H10NO7P/c1-16-19(15,17-2)10-7-4-3-6(11(13)14)5-8(7)9(12)18-10/h3-5,10H,1-2H3. The molecule has 1 atom stereocenters. The van der Waals surface area contributed by atoms with Gasteiger partial charge in [0.1, 0.15) is 0 Å². The van der Waals surface area contributed by atoms with Crippen molar-refractivity contribution < 1.29 is 28.1 Å². The Morgan fingerprint density at radius 2 is 2.00 bits per heavy atom. The summed E-state index contributed by atoms with van der Waals surface area (Å²) in [6.45, 7) is 0.